The lowest BCUT2D eigenvalue weighted by atomic mass is 9.90. The van der Waals surface area contributed by atoms with Gasteiger partial charge in [-0.3, -0.25) is 4.90 Å². The SMILES string of the molecule is CN1CC(CN)CC1c1ccccc1OCC1(C)COC1. The summed E-state index contributed by atoms with van der Waals surface area (Å²) >= 11 is 0. The van der Waals surface area contributed by atoms with Crippen molar-refractivity contribution in [3.05, 3.63) is 29.8 Å². The van der Waals surface area contributed by atoms with Crippen molar-refractivity contribution in [3.8, 4) is 5.75 Å². The van der Waals surface area contributed by atoms with Crippen LogP contribution in [0.25, 0.3) is 0 Å². The van der Waals surface area contributed by atoms with E-state index in [4.69, 9.17) is 15.2 Å². The van der Waals surface area contributed by atoms with Crippen LogP contribution in [0.15, 0.2) is 24.3 Å². The van der Waals surface area contributed by atoms with Gasteiger partial charge in [-0.05, 0) is 32.0 Å². The molecule has 3 rings (SSSR count). The van der Waals surface area contributed by atoms with Crippen LogP contribution in [0.5, 0.6) is 5.75 Å². The fourth-order valence-corrected chi connectivity index (χ4v) is 3.31. The fraction of sp³-hybridized carbons (Fsp3) is 0.647. The second-order valence-electron chi connectivity index (χ2n) is 6.92. The summed E-state index contributed by atoms with van der Waals surface area (Å²) in [7, 11) is 2.18. The molecule has 1 aromatic rings. The molecule has 116 valence electrons. The highest BCUT2D eigenvalue weighted by Gasteiger charge is 2.35. The van der Waals surface area contributed by atoms with Crippen LogP contribution in [0.1, 0.15) is 24.9 Å². The molecule has 1 aromatic carbocycles. The second kappa shape index (κ2) is 5.95. The Bertz CT molecular complexity index is 487. The normalized spacial score (nSPS) is 28.3. The van der Waals surface area contributed by atoms with E-state index in [0.717, 1.165) is 45.1 Å². The Kier molecular flexibility index (Phi) is 4.20. The van der Waals surface area contributed by atoms with Crippen molar-refractivity contribution in [1.29, 1.82) is 0 Å². The monoisotopic (exact) mass is 290 g/mol. The van der Waals surface area contributed by atoms with E-state index in [1.165, 1.54) is 5.56 Å². The molecule has 0 spiro atoms. The fourth-order valence-electron chi connectivity index (χ4n) is 3.31. The van der Waals surface area contributed by atoms with Crippen LogP contribution in [0.2, 0.25) is 0 Å². The molecule has 0 amide bonds. The average molecular weight is 290 g/mol. The lowest BCUT2D eigenvalue weighted by Gasteiger charge is -2.37. The van der Waals surface area contributed by atoms with Crippen molar-refractivity contribution >= 4 is 0 Å². The summed E-state index contributed by atoms with van der Waals surface area (Å²) in [5.74, 6) is 1.60. The molecule has 21 heavy (non-hydrogen) atoms. The van der Waals surface area contributed by atoms with Crippen LogP contribution in [-0.4, -0.2) is 44.9 Å². The summed E-state index contributed by atoms with van der Waals surface area (Å²) in [6.45, 7) is 6.37. The first kappa shape index (κ1) is 14.8. The number of ether oxygens (including phenoxy) is 2. The van der Waals surface area contributed by atoms with Gasteiger partial charge in [0.25, 0.3) is 0 Å². The summed E-state index contributed by atoms with van der Waals surface area (Å²) in [6, 6.07) is 8.84. The van der Waals surface area contributed by atoms with Gasteiger partial charge >= 0.3 is 0 Å². The first-order chi connectivity index (χ1) is 10.1. The third kappa shape index (κ3) is 3.07. The van der Waals surface area contributed by atoms with Crippen molar-refractivity contribution in [2.45, 2.75) is 19.4 Å². The topological polar surface area (TPSA) is 47.7 Å². The molecular formula is C17H26N2O2. The minimum absolute atomic E-state index is 0.175. The van der Waals surface area contributed by atoms with Crippen molar-refractivity contribution in [1.82, 2.24) is 4.90 Å². The zero-order valence-corrected chi connectivity index (χ0v) is 13.0. The standard InChI is InChI=1S/C17H26N2O2/c1-17(10-20-11-17)12-21-16-6-4-3-5-14(16)15-7-13(8-18)9-19(15)2/h3-6,13,15H,7-12,18H2,1-2H3. The number of likely N-dealkylation sites (tertiary alicyclic amines) is 1. The molecule has 0 aliphatic carbocycles. The van der Waals surface area contributed by atoms with Crippen LogP contribution >= 0.6 is 0 Å². The van der Waals surface area contributed by atoms with Crippen molar-refractivity contribution < 1.29 is 9.47 Å². The van der Waals surface area contributed by atoms with Gasteiger partial charge in [0.1, 0.15) is 5.75 Å². The first-order valence-corrected chi connectivity index (χ1v) is 7.81. The third-order valence-corrected chi connectivity index (χ3v) is 4.72. The largest absolute Gasteiger partial charge is 0.492 e. The highest BCUT2D eigenvalue weighted by atomic mass is 16.5. The van der Waals surface area contributed by atoms with E-state index in [2.05, 4.69) is 37.1 Å². The molecule has 2 unspecified atom stereocenters. The average Bonchev–Trinajstić information content (AvgIpc) is 2.84. The maximum absolute atomic E-state index is 6.14. The van der Waals surface area contributed by atoms with Gasteiger partial charge in [0.05, 0.1) is 19.8 Å². The van der Waals surface area contributed by atoms with Gasteiger partial charge in [0.15, 0.2) is 0 Å². The van der Waals surface area contributed by atoms with Gasteiger partial charge in [0, 0.05) is 23.6 Å². The van der Waals surface area contributed by atoms with Crippen molar-refractivity contribution in [3.63, 3.8) is 0 Å². The number of para-hydroxylation sites is 1. The minimum Gasteiger partial charge on any atom is -0.492 e. The molecule has 0 aromatic heterocycles. The number of hydrogen-bond donors (Lipinski definition) is 1. The van der Waals surface area contributed by atoms with E-state index in [0.29, 0.717) is 12.0 Å². The molecule has 2 aliphatic heterocycles. The quantitative estimate of drug-likeness (QED) is 0.901. The maximum atomic E-state index is 6.14. The van der Waals surface area contributed by atoms with Crippen molar-refractivity contribution in [2.75, 3.05) is 40.0 Å². The van der Waals surface area contributed by atoms with Crippen LogP contribution in [-0.2, 0) is 4.74 Å². The summed E-state index contributed by atoms with van der Waals surface area (Å²) in [6.07, 6.45) is 1.12. The van der Waals surface area contributed by atoms with E-state index >= 15 is 0 Å². The molecule has 0 saturated carbocycles. The highest BCUT2D eigenvalue weighted by molar-refractivity contribution is 5.36. The Balaban J connectivity index is 1.73. The summed E-state index contributed by atoms with van der Waals surface area (Å²) in [5, 5.41) is 0. The third-order valence-electron chi connectivity index (χ3n) is 4.72. The van der Waals surface area contributed by atoms with Gasteiger partial charge in [-0.2, -0.15) is 0 Å². The summed E-state index contributed by atoms with van der Waals surface area (Å²) in [4.78, 5) is 2.40. The van der Waals surface area contributed by atoms with E-state index in [9.17, 15) is 0 Å². The van der Waals surface area contributed by atoms with E-state index in [1.807, 2.05) is 6.07 Å². The Morgan fingerprint density at radius 1 is 1.38 bits per heavy atom. The van der Waals surface area contributed by atoms with Crippen LogP contribution < -0.4 is 10.5 Å². The van der Waals surface area contributed by atoms with E-state index in [-0.39, 0.29) is 5.41 Å². The predicted octanol–water partition coefficient (Wildman–Crippen LogP) is 2.05. The smallest absolute Gasteiger partial charge is 0.124 e. The Hall–Kier alpha value is -1.10. The Morgan fingerprint density at radius 2 is 2.14 bits per heavy atom. The lowest BCUT2D eigenvalue weighted by molar-refractivity contribution is -0.120. The van der Waals surface area contributed by atoms with Crippen LogP contribution in [0.4, 0.5) is 0 Å². The number of hydrogen-bond acceptors (Lipinski definition) is 4. The zero-order valence-electron chi connectivity index (χ0n) is 13.0. The van der Waals surface area contributed by atoms with Crippen LogP contribution in [0.3, 0.4) is 0 Å². The van der Waals surface area contributed by atoms with Gasteiger partial charge in [-0.1, -0.05) is 25.1 Å². The molecule has 2 atom stereocenters. The van der Waals surface area contributed by atoms with Crippen LogP contribution in [0, 0.1) is 11.3 Å². The van der Waals surface area contributed by atoms with E-state index in [1.54, 1.807) is 0 Å². The predicted molar refractivity (Wildman–Crippen MR) is 83.4 cm³/mol. The van der Waals surface area contributed by atoms with Crippen molar-refractivity contribution in [2.24, 2.45) is 17.1 Å². The molecule has 0 bridgehead atoms. The second-order valence-corrected chi connectivity index (χ2v) is 6.92. The molecule has 4 nitrogen and oxygen atoms in total. The summed E-state index contributed by atoms with van der Waals surface area (Å²) in [5.41, 5.74) is 7.31. The molecule has 2 saturated heterocycles. The van der Waals surface area contributed by atoms with Gasteiger partial charge in [-0.25, -0.2) is 0 Å². The Morgan fingerprint density at radius 3 is 2.76 bits per heavy atom. The lowest BCUT2D eigenvalue weighted by Crippen LogP contribution is -2.44. The number of nitrogens with two attached hydrogens (primary N) is 1. The minimum atomic E-state index is 0.175. The van der Waals surface area contributed by atoms with Gasteiger partial charge < -0.3 is 15.2 Å². The molecule has 2 fully saturated rings. The molecule has 2 heterocycles. The first-order valence-electron chi connectivity index (χ1n) is 7.81. The van der Waals surface area contributed by atoms with Gasteiger partial charge in [0.2, 0.25) is 0 Å². The van der Waals surface area contributed by atoms with Gasteiger partial charge in [-0.15, -0.1) is 0 Å². The highest BCUT2D eigenvalue weighted by Crippen LogP contribution is 2.39. The molecule has 2 aliphatic rings. The molecule has 2 N–H and O–H groups in total. The zero-order chi connectivity index (χ0) is 14.9. The molecular weight excluding hydrogens is 264 g/mol. The maximum Gasteiger partial charge on any atom is 0.124 e. The number of rotatable bonds is 5. The summed E-state index contributed by atoms with van der Waals surface area (Å²) < 4.78 is 11.4. The van der Waals surface area contributed by atoms with E-state index < -0.39 is 0 Å². The molecule has 0 radical (unpaired) electrons. The number of benzene rings is 1. The molecule has 4 heteroatoms. The Labute approximate surface area is 127 Å². The number of nitrogens with zero attached hydrogens (tertiary/aromatic N) is 1.